The Labute approximate surface area is 191 Å². The maximum absolute atomic E-state index is 13.4. The average molecular weight is 459 g/mol. The van der Waals surface area contributed by atoms with Crippen LogP contribution >= 0.6 is 24.0 Å². The Hall–Kier alpha value is -2.23. The van der Waals surface area contributed by atoms with Crippen LogP contribution in [0.25, 0.3) is 11.7 Å². The Kier molecular flexibility index (Phi) is 6.74. The number of rotatable bonds is 6. The number of anilines is 1. The van der Waals surface area contributed by atoms with Crippen LogP contribution in [0.15, 0.2) is 34.1 Å². The van der Waals surface area contributed by atoms with Crippen molar-refractivity contribution in [1.82, 2.24) is 14.3 Å². The number of pyridine rings is 1. The molecule has 1 saturated heterocycles. The molecule has 164 valence electrons. The largest absolute Gasteiger partial charge is 0.383 e. The lowest BCUT2D eigenvalue weighted by molar-refractivity contribution is -0.122. The first-order valence-electron chi connectivity index (χ1n) is 10.5. The number of methoxy groups -OCH3 is 1. The van der Waals surface area contributed by atoms with Crippen molar-refractivity contribution in [3.63, 3.8) is 0 Å². The smallest absolute Gasteiger partial charge is 0.267 e. The minimum atomic E-state index is -0.198. The molecule has 2 aromatic rings. The fourth-order valence-electron chi connectivity index (χ4n) is 4.13. The molecule has 0 radical (unpaired) electrons. The highest BCUT2D eigenvalue weighted by atomic mass is 32.2. The van der Waals surface area contributed by atoms with E-state index in [1.807, 2.05) is 19.2 Å². The maximum atomic E-state index is 13.4. The van der Waals surface area contributed by atoms with Crippen LogP contribution in [0.1, 0.15) is 37.7 Å². The lowest BCUT2D eigenvalue weighted by Crippen LogP contribution is -2.36. The Balaban J connectivity index is 1.80. The summed E-state index contributed by atoms with van der Waals surface area (Å²) >= 11 is 6.60. The molecule has 0 unspecified atom stereocenters. The molecule has 0 N–H and O–H groups in total. The Morgan fingerprint density at radius 3 is 2.81 bits per heavy atom. The predicted molar refractivity (Wildman–Crippen MR) is 128 cm³/mol. The minimum absolute atomic E-state index is 0.189. The lowest BCUT2D eigenvalue weighted by Gasteiger charge is -2.33. The number of carbonyl (C=O) groups excluding carboxylic acids is 1. The molecule has 2 fully saturated rings. The van der Waals surface area contributed by atoms with Crippen molar-refractivity contribution in [3.05, 3.63) is 45.2 Å². The lowest BCUT2D eigenvalue weighted by atomic mass is 9.94. The third-order valence-electron chi connectivity index (χ3n) is 5.87. The first kappa shape index (κ1) is 22.0. The minimum Gasteiger partial charge on any atom is -0.383 e. The molecule has 0 spiro atoms. The molecule has 3 heterocycles. The van der Waals surface area contributed by atoms with Gasteiger partial charge in [-0.1, -0.05) is 49.3 Å². The number of hydrogen-bond donors (Lipinski definition) is 0. The summed E-state index contributed by atoms with van der Waals surface area (Å²) in [6.45, 7) is 0.790. The van der Waals surface area contributed by atoms with Crippen LogP contribution in [0.4, 0.5) is 5.82 Å². The quantitative estimate of drug-likeness (QED) is 0.486. The zero-order valence-corrected chi connectivity index (χ0v) is 19.4. The molecule has 1 aliphatic carbocycles. The second kappa shape index (κ2) is 9.50. The highest BCUT2D eigenvalue weighted by Gasteiger charge is 2.33. The van der Waals surface area contributed by atoms with E-state index in [9.17, 15) is 9.59 Å². The highest BCUT2D eigenvalue weighted by molar-refractivity contribution is 8.26. The summed E-state index contributed by atoms with van der Waals surface area (Å²) in [6, 6.07) is 5.82. The monoisotopic (exact) mass is 458 g/mol. The van der Waals surface area contributed by atoms with Crippen LogP contribution < -0.4 is 10.5 Å². The van der Waals surface area contributed by atoms with E-state index in [1.165, 1.54) is 40.3 Å². The first-order chi connectivity index (χ1) is 15.0. The fourth-order valence-corrected chi connectivity index (χ4v) is 5.42. The van der Waals surface area contributed by atoms with Crippen molar-refractivity contribution in [1.29, 1.82) is 0 Å². The Bertz CT molecular complexity index is 1090. The van der Waals surface area contributed by atoms with Crippen LogP contribution in [0.5, 0.6) is 0 Å². The van der Waals surface area contributed by atoms with E-state index in [4.69, 9.17) is 21.9 Å². The summed E-state index contributed by atoms with van der Waals surface area (Å²) in [7, 11) is 3.58. The number of hydrogen-bond acceptors (Lipinski definition) is 7. The SMILES string of the molecule is COCCN1C(=O)/C(=C\c2c(N(C)C3CCCCC3)nc3ccccn3c2=O)SC1=S. The summed E-state index contributed by atoms with van der Waals surface area (Å²) in [5.41, 5.74) is 0.824. The van der Waals surface area contributed by atoms with E-state index in [0.717, 1.165) is 12.8 Å². The van der Waals surface area contributed by atoms with Gasteiger partial charge in [0, 0.05) is 26.4 Å². The number of thiocarbonyl (C=S) groups is 1. The molecular weight excluding hydrogens is 432 g/mol. The summed E-state index contributed by atoms with van der Waals surface area (Å²) in [6.07, 6.45) is 9.11. The van der Waals surface area contributed by atoms with Crippen LogP contribution in [-0.4, -0.2) is 57.9 Å². The third-order valence-corrected chi connectivity index (χ3v) is 7.25. The van der Waals surface area contributed by atoms with Gasteiger partial charge in [-0.3, -0.25) is 18.9 Å². The van der Waals surface area contributed by atoms with Gasteiger partial charge in [0.2, 0.25) is 0 Å². The molecule has 4 rings (SSSR count). The van der Waals surface area contributed by atoms with Crippen molar-refractivity contribution < 1.29 is 9.53 Å². The molecule has 2 aromatic heterocycles. The van der Waals surface area contributed by atoms with Crippen molar-refractivity contribution >= 4 is 51.7 Å². The number of aromatic nitrogens is 2. The Morgan fingerprint density at radius 2 is 2.06 bits per heavy atom. The van der Waals surface area contributed by atoms with Gasteiger partial charge in [0.25, 0.3) is 11.5 Å². The van der Waals surface area contributed by atoms with Crippen LogP contribution in [0.3, 0.4) is 0 Å². The molecule has 0 aromatic carbocycles. The summed E-state index contributed by atoms with van der Waals surface area (Å²) < 4.78 is 7.09. The zero-order valence-electron chi connectivity index (χ0n) is 17.7. The van der Waals surface area contributed by atoms with Gasteiger partial charge in [-0.05, 0) is 31.1 Å². The zero-order chi connectivity index (χ0) is 22.0. The van der Waals surface area contributed by atoms with E-state index in [2.05, 4.69) is 4.90 Å². The van der Waals surface area contributed by atoms with Crippen LogP contribution in [0.2, 0.25) is 0 Å². The predicted octanol–water partition coefficient (Wildman–Crippen LogP) is 3.31. The second-order valence-electron chi connectivity index (χ2n) is 7.81. The molecule has 9 heteroatoms. The van der Waals surface area contributed by atoms with Gasteiger partial charge in [-0.2, -0.15) is 0 Å². The van der Waals surface area contributed by atoms with E-state index in [0.29, 0.717) is 45.4 Å². The van der Waals surface area contributed by atoms with Gasteiger partial charge in [-0.15, -0.1) is 0 Å². The van der Waals surface area contributed by atoms with Crippen LogP contribution in [-0.2, 0) is 9.53 Å². The molecular formula is C22H26N4O3S2. The van der Waals surface area contributed by atoms with Gasteiger partial charge in [-0.25, -0.2) is 4.98 Å². The molecule has 0 bridgehead atoms. The second-order valence-corrected chi connectivity index (χ2v) is 9.49. The molecule has 7 nitrogen and oxygen atoms in total. The van der Waals surface area contributed by atoms with Gasteiger partial charge in [0.1, 0.15) is 15.8 Å². The molecule has 2 aliphatic rings. The van der Waals surface area contributed by atoms with E-state index >= 15 is 0 Å². The molecule has 1 amide bonds. The standard InChI is InChI=1S/C22H26N4O3S2/c1-24(15-8-4-3-5-9-15)19-16(20(27)25-11-7-6-10-18(25)23-19)14-17-21(28)26(12-13-29-2)22(30)31-17/h6-7,10-11,14-15H,3-5,8-9,12-13H2,1-2H3/b17-14+. The number of fused-ring (bicyclic) bond motifs is 1. The number of ether oxygens (including phenoxy) is 1. The fraction of sp³-hybridized carbons (Fsp3) is 0.455. The van der Waals surface area contributed by atoms with Crippen LogP contribution in [0, 0.1) is 0 Å². The highest BCUT2D eigenvalue weighted by Crippen LogP contribution is 2.34. The summed E-state index contributed by atoms with van der Waals surface area (Å²) in [5, 5.41) is 0. The normalized spacial score (nSPS) is 19.0. The first-order valence-corrected chi connectivity index (χ1v) is 11.7. The van der Waals surface area contributed by atoms with E-state index < -0.39 is 0 Å². The molecule has 31 heavy (non-hydrogen) atoms. The van der Waals surface area contributed by atoms with E-state index in [1.54, 1.807) is 25.4 Å². The maximum Gasteiger partial charge on any atom is 0.267 e. The molecule has 1 aliphatic heterocycles. The molecule has 1 saturated carbocycles. The van der Waals surface area contributed by atoms with Gasteiger partial charge < -0.3 is 9.64 Å². The number of thioether (sulfide) groups is 1. The molecule has 0 atom stereocenters. The van der Waals surface area contributed by atoms with Gasteiger partial charge >= 0.3 is 0 Å². The average Bonchev–Trinajstić information content (AvgIpc) is 3.06. The van der Waals surface area contributed by atoms with E-state index in [-0.39, 0.29) is 11.5 Å². The number of nitrogens with zero attached hydrogens (tertiary/aromatic N) is 4. The number of amides is 1. The summed E-state index contributed by atoms with van der Waals surface area (Å²) in [5.74, 6) is 0.418. The van der Waals surface area contributed by atoms with Crippen molar-refractivity contribution in [2.45, 2.75) is 38.1 Å². The van der Waals surface area contributed by atoms with Gasteiger partial charge in [0.15, 0.2) is 0 Å². The number of carbonyl (C=O) groups is 1. The van der Waals surface area contributed by atoms with Crippen molar-refractivity contribution in [2.24, 2.45) is 0 Å². The third kappa shape index (κ3) is 4.40. The van der Waals surface area contributed by atoms with Crippen molar-refractivity contribution in [3.8, 4) is 0 Å². The summed E-state index contributed by atoms with van der Waals surface area (Å²) in [4.78, 5) is 35.3. The van der Waals surface area contributed by atoms with Gasteiger partial charge in [0.05, 0.1) is 23.6 Å². The van der Waals surface area contributed by atoms with Crippen molar-refractivity contribution in [2.75, 3.05) is 32.2 Å². The Morgan fingerprint density at radius 1 is 1.29 bits per heavy atom. The topological polar surface area (TPSA) is 67.2 Å².